The van der Waals surface area contributed by atoms with Crippen molar-refractivity contribution in [3.05, 3.63) is 22.7 Å². The number of benzene rings is 1. The Labute approximate surface area is 95.3 Å². The molecule has 0 radical (unpaired) electrons. The Bertz CT molecular complexity index is 329. The van der Waals surface area contributed by atoms with E-state index in [9.17, 15) is 0 Å². The van der Waals surface area contributed by atoms with Gasteiger partial charge in [-0.15, -0.1) is 0 Å². The van der Waals surface area contributed by atoms with E-state index in [1.165, 1.54) is 0 Å². The highest BCUT2D eigenvalue weighted by molar-refractivity contribution is 6.32. The molecule has 84 valence electrons. The predicted octanol–water partition coefficient (Wildman–Crippen LogP) is 2.12. The molecule has 1 aromatic rings. The first kappa shape index (κ1) is 12.1. The minimum absolute atomic E-state index is 0.572. The molecule has 0 atom stereocenters. The molecule has 1 rings (SSSR count). The van der Waals surface area contributed by atoms with Crippen molar-refractivity contribution in [1.82, 2.24) is 5.32 Å². The molecular formula is C11H16ClNO2. The molecule has 0 heterocycles. The van der Waals surface area contributed by atoms with Crippen molar-refractivity contribution in [1.29, 1.82) is 0 Å². The van der Waals surface area contributed by atoms with Gasteiger partial charge < -0.3 is 14.8 Å². The molecule has 3 nitrogen and oxygen atoms in total. The molecule has 0 saturated carbocycles. The number of halogens is 1. The van der Waals surface area contributed by atoms with E-state index in [2.05, 4.69) is 5.32 Å². The average molecular weight is 230 g/mol. The van der Waals surface area contributed by atoms with Crippen LogP contribution in [0.5, 0.6) is 11.5 Å². The monoisotopic (exact) mass is 229 g/mol. The maximum absolute atomic E-state index is 5.99. The van der Waals surface area contributed by atoms with Gasteiger partial charge in [0, 0.05) is 6.07 Å². The SMILES string of the molecule is CNCCc1cc(OC)c(Cl)cc1OC. The van der Waals surface area contributed by atoms with Gasteiger partial charge in [0.05, 0.1) is 19.2 Å². The van der Waals surface area contributed by atoms with Crippen molar-refractivity contribution < 1.29 is 9.47 Å². The van der Waals surface area contributed by atoms with Crippen molar-refractivity contribution in [3.8, 4) is 11.5 Å². The van der Waals surface area contributed by atoms with E-state index in [4.69, 9.17) is 21.1 Å². The van der Waals surface area contributed by atoms with E-state index >= 15 is 0 Å². The fourth-order valence-corrected chi connectivity index (χ4v) is 1.61. The number of methoxy groups -OCH3 is 2. The molecule has 0 saturated heterocycles. The van der Waals surface area contributed by atoms with Crippen molar-refractivity contribution in [2.24, 2.45) is 0 Å². The molecule has 0 aliphatic heterocycles. The molecule has 0 fully saturated rings. The van der Waals surface area contributed by atoms with Crippen LogP contribution >= 0.6 is 11.6 Å². The van der Waals surface area contributed by atoms with Crippen LogP contribution in [0.15, 0.2) is 12.1 Å². The first-order valence-electron chi connectivity index (χ1n) is 4.78. The fraction of sp³-hybridized carbons (Fsp3) is 0.455. The molecule has 4 heteroatoms. The molecule has 0 aliphatic carbocycles. The van der Waals surface area contributed by atoms with E-state index in [1.807, 2.05) is 13.1 Å². The number of nitrogens with one attached hydrogen (secondary N) is 1. The highest BCUT2D eigenvalue weighted by Gasteiger charge is 2.09. The van der Waals surface area contributed by atoms with Gasteiger partial charge in [-0.05, 0) is 31.6 Å². The van der Waals surface area contributed by atoms with Gasteiger partial charge in [-0.1, -0.05) is 11.6 Å². The molecule has 0 unspecified atom stereocenters. The maximum atomic E-state index is 5.99. The normalized spacial score (nSPS) is 10.1. The average Bonchev–Trinajstić information content (AvgIpc) is 2.26. The summed E-state index contributed by atoms with van der Waals surface area (Å²) in [5, 5.41) is 3.66. The quantitative estimate of drug-likeness (QED) is 0.839. The number of hydrogen-bond donors (Lipinski definition) is 1. The molecule has 0 aromatic heterocycles. The van der Waals surface area contributed by atoms with Crippen LogP contribution < -0.4 is 14.8 Å². The lowest BCUT2D eigenvalue weighted by Crippen LogP contribution is -2.11. The topological polar surface area (TPSA) is 30.5 Å². The Morgan fingerprint density at radius 3 is 2.40 bits per heavy atom. The summed E-state index contributed by atoms with van der Waals surface area (Å²) < 4.78 is 10.4. The van der Waals surface area contributed by atoms with E-state index in [0.29, 0.717) is 10.8 Å². The third-order valence-corrected chi connectivity index (χ3v) is 2.49. The van der Waals surface area contributed by atoms with E-state index in [0.717, 1.165) is 24.3 Å². The van der Waals surface area contributed by atoms with E-state index in [-0.39, 0.29) is 0 Å². The Balaban J connectivity index is 2.99. The molecule has 1 aromatic carbocycles. The summed E-state index contributed by atoms with van der Waals surface area (Å²) in [5.74, 6) is 1.49. The van der Waals surface area contributed by atoms with Crippen LogP contribution in [-0.4, -0.2) is 27.8 Å². The number of likely N-dealkylation sites (N-methyl/N-ethyl adjacent to an activating group) is 1. The van der Waals surface area contributed by atoms with Gasteiger partial charge in [-0.25, -0.2) is 0 Å². The molecule has 0 spiro atoms. The lowest BCUT2D eigenvalue weighted by Gasteiger charge is -2.11. The first-order valence-corrected chi connectivity index (χ1v) is 5.15. The second-order valence-electron chi connectivity index (χ2n) is 3.15. The summed E-state index contributed by atoms with van der Waals surface area (Å²) in [6.07, 6.45) is 0.882. The van der Waals surface area contributed by atoms with Crippen LogP contribution in [0.1, 0.15) is 5.56 Å². The van der Waals surface area contributed by atoms with E-state index in [1.54, 1.807) is 20.3 Å². The number of ether oxygens (including phenoxy) is 2. The summed E-state index contributed by atoms with van der Waals surface area (Å²) in [7, 11) is 5.16. The second-order valence-corrected chi connectivity index (χ2v) is 3.56. The van der Waals surface area contributed by atoms with Gasteiger partial charge in [0.25, 0.3) is 0 Å². The minimum atomic E-state index is 0.572. The van der Waals surface area contributed by atoms with Crippen molar-refractivity contribution in [2.75, 3.05) is 27.8 Å². The molecule has 0 bridgehead atoms. The van der Waals surface area contributed by atoms with Crippen molar-refractivity contribution in [2.45, 2.75) is 6.42 Å². The molecule has 0 amide bonds. The molecule has 0 aliphatic rings. The lowest BCUT2D eigenvalue weighted by atomic mass is 10.1. The Kier molecular flexibility index (Phi) is 4.72. The Morgan fingerprint density at radius 1 is 1.20 bits per heavy atom. The zero-order chi connectivity index (χ0) is 11.3. The zero-order valence-electron chi connectivity index (χ0n) is 9.26. The van der Waals surface area contributed by atoms with Crippen molar-refractivity contribution in [3.63, 3.8) is 0 Å². The lowest BCUT2D eigenvalue weighted by molar-refractivity contribution is 0.398. The Morgan fingerprint density at radius 2 is 1.87 bits per heavy atom. The molecule has 1 N–H and O–H groups in total. The summed E-state index contributed by atoms with van der Waals surface area (Å²) in [6.45, 7) is 0.890. The third kappa shape index (κ3) is 3.01. The fourth-order valence-electron chi connectivity index (χ4n) is 1.38. The van der Waals surface area contributed by atoms with Crippen LogP contribution in [0.25, 0.3) is 0 Å². The predicted molar refractivity (Wildman–Crippen MR) is 62.2 cm³/mol. The standard InChI is InChI=1S/C11H16ClNO2/c1-13-5-4-8-6-11(15-3)9(12)7-10(8)14-2/h6-7,13H,4-5H2,1-3H3. The number of hydrogen-bond acceptors (Lipinski definition) is 3. The van der Waals surface area contributed by atoms with Gasteiger partial charge in [-0.3, -0.25) is 0 Å². The van der Waals surface area contributed by atoms with Gasteiger partial charge in [-0.2, -0.15) is 0 Å². The summed E-state index contributed by atoms with van der Waals surface area (Å²) in [4.78, 5) is 0. The highest BCUT2D eigenvalue weighted by Crippen LogP contribution is 2.32. The van der Waals surface area contributed by atoms with Crippen LogP contribution in [0.4, 0.5) is 0 Å². The summed E-state index contributed by atoms with van der Waals surface area (Å²) in [5.41, 5.74) is 1.09. The minimum Gasteiger partial charge on any atom is -0.496 e. The van der Waals surface area contributed by atoms with E-state index < -0.39 is 0 Å². The zero-order valence-corrected chi connectivity index (χ0v) is 10.0. The van der Waals surface area contributed by atoms with Gasteiger partial charge in [0.15, 0.2) is 0 Å². The third-order valence-electron chi connectivity index (χ3n) is 2.20. The van der Waals surface area contributed by atoms with Crippen molar-refractivity contribution >= 4 is 11.6 Å². The largest absolute Gasteiger partial charge is 0.496 e. The second kappa shape index (κ2) is 5.83. The smallest absolute Gasteiger partial charge is 0.137 e. The Hall–Kier alpha value is -0.930. The highest BCUT2D eigenvalue weighted by atomic mass is 35.5. The van der Waals surface area contributed by atoms with Crippen LogP contribution in [0.2, 0.25) is 5.02 Å². The summed E-state index contributed by atoms with van der Waals surface area (Å²) >= 11 is 5.99. The van der Waals surface area contributed by atoms with Gasteiger partial charge in [0.2, 0.25) is 0 Å². The maximum Gasteiger partial charge on any atom is 0.137 e. The van der Waals surface area contributed by atoms with Gasteiger partial charge in [0.1, 0.15) is 11.5 Å². The van der Waals surface area contributed by atoms with Crippen LogP contribution in [0, 0.1) is 0 Å². The molecule has 15 heavy (non-hydrogen) atoms. The first-order chi connectivity index (χ1) is 7.22. The number of rotatable bonds is 5. The van der Waals surface area contributed by atoms with Crippen LogP contribution in [0.3, 0.4) is 0 Å². The molecular weight excluding hydrogens is 214 g/mol. The van der Waals surface area contributed by atoms with Gasteiger partial charge >= 0.3 is 0 Å². The van der Waals surface area contributed by atoms with Crippen LogP contribution in [-0.2, 0) is 6.42 Å². The summed E-state index contributed by atoms with van der Waals surface area (Å²) in [6, 6.07) is 3.70.